The second-order valence-electron chi connectivity index (χ2n) is 1.64. The van der Waals surface area contributed by atoms with Crippen molar-refractivity contribution in [2.45, 2.75) is 13.3 Å². The Labute approximate surface area is 101 Å². The molecule has 0 bridgehead atoms. The molecule has 2 N–H and O–H groups in total. The van der Waals surface area contributed by atoms with E-state index in [1.807, 2.05) is 0 Å². The van der Waals surface area contributed by atoms with Crippen molar-refractivity contribution in [1.82, 2.24) is 0 Å². The second-order valence-corrected chi connectivity index (χ2v) is 1.64. The SMILES string of the molecule is CCC(C(=O)O)C(=O)O.[KH]. The van der Waals surface area contributed by atoms with Crippen molar-refractivity contribution < 1.29 is 19.8 Å². The van der Waals surface area contributed by atoms with Crippen molar-refractivity contribution >= 4 is 63.3 Å². The van der Waals surface area contributed by atoms with Gasteiger partial charge in [0, 0.05) is 0 Å². The first-order chi connectivity index (χ1) is 4.09. The first kappa shape index (κ1) is 13.2. The van der Waals surface area contributed by atoms with Gasteiger partial charge in [-0.3, -0.25) is 9.59 Å². The molecule has 0 aromatic rings. The molecule has 0 saturated carbocycles. The average Bonchev–Trinajstić information content (AvgIpc) is 1.64. The van der Waals surface area contributed by atoms with Crippen molar-refractivity contribution in [3.05, 3.63) is 0 Å². The van der Waals surface area contributed by atoms with E-state index in [1.165, 1.54) is 6.92 Å². The molecule has 0 aliphatic heterocycles. The normalized spacial score (nSPS) is 8.60. The predicted molar refractivity (Wildman–Crippen MR) is 36.2 cm³/mol. The Morgan fingerprint density at radius 3 is 1.60 bits per heavy atom. The summed E-state index contributed by atoms with van der Waals surface area (Å²) in [5.41, 5.74) is 0. The van der Waals surface area contributed by atoms with Gasteiger partial charge in [-0.25, -0.2) is 0 Å². The molecule has 0 fully saturated rings. The van der Waals surface area contributed by atoms with Crippen molar-refractivity contribution in [1.29, 1.82) is 0 Å². The van der Waals surface area contributed by atoms with Gasteiger partial charge in [0.2, 0.25) is 0 Å². The van der Waals surface area contributed by atoms with Gasteiger partial charge in [0.25, 0.3) is 0 Å². The van der Waals surface area contributed by atoms with E-state index in [4.69, 9.17) is 10.2 Å². The first-order valence-electron chi connectivity index (χ1n) is 2.55. The van der Waals surface area contributed by atoms with Gasteiger partial charge in [-0.2, -0.15) is 0 Å². The Morgan fingerprint density at radius 2 is 1.60 bits per heavy atom. The van der Waals surface area contributed by atoms with Gasteiger partial charge in [-0.05, 0) is 6.42 Å². The van der Waals surface area contributed by atoms with Gasteiger partial charge in [-0.15, -0.1) is 0 Å². The number of carboxylic acids is 2. The maximum atomic E-state index is 9.99. The van der Waals surface area contributed by atoms with Crippen LogP contribution in [-0.4, -0.2) is 73.5 Å². The van der Waals surface area contributed by atoms with Gasteiger partial charge < -0.3 is 10.2 Å². The molecule has 54 valence electrons. The summed E-state index contributed by atoms with van der Waals surface area (Å²) in [5.74, 6) is -3.79. The van der Waals surface area contributed by atoms with E-state index in [9.17, 15) is 9.59 Å². The minimum atomic E-state index is -1.27. The fourth-order valence-electron chi connectivity index (χ4n) is 0.455. The summed E-state index contributed by atoms with van der Waals surface area (Å²) in [5, 5.41) is 16.3. The molecule has 0 atom stereocenters. The Kier molecular flexibility index (Phi) is 8.30. The fourth-order valence-corrected chi connectivity index (χ4v) is 0.455. The van der Waals surface area contributed by atoms with Crippen LogP contribution in [0.2, 0.25) is 0 Å². The molecule has 0 radical (unpaired) electrons. The van der Waals surface area contributed by atoms with Gasteiger partial charge in [0.05, 0.1) is 0 Å². The van der Waals surface area contributed by atoms with Crippen LogP contribution in [0.15, 0.2) is 0 Å². The van der Waals surface area contributed by atoms with Crippen LogP contribution in [0.5, 0.6) is 0 Å². The van der Waals surface area contributed by atoms with Gasteiger partial charge >= 0.3 is 63.3 Å². The van der Waals surface area contributed by atoms with Crippen LogP contribution in [0.4, 0.5) is 0 Å². The Balaban J connectivity index is 0. The second kappa shape index (κ2) is 6.30. The molecule has 4 nitrogen and oxygen atoms in total. The van der Waals surface area contributed by atoms with Crippen LogP contribution in [-0.2, 0) is 9.59 Å². The van der Waals surface area contributed by atoms with E-state index in [0.29, 0.717) is 0 Å². The zero-order chi connectivity index (χ0) is 7.44. The molecule has 10 heavy (non-hydrogen) atoms. The molecule has 0 spiro atoms. The van der Waals surface area contributed by atoms with Gasteiger partial charge in [0.1, 0.15) is 0 Å². The zero-order valence-electron chi connectivity index (χ0n) is 5.00. The molecule has 0 aliphatic rings. The van der Waals surface area contributed by atoms with E-state index in [1.54, 1.807) is 0 Å². The number of aliphatic carboxylic acids is 2. The number of rotatable bonds is 3. The summed E-state index contributed by atoms with van der Waals surface area (Å²) in [4.78, 5) is 20.0. The third-order valence-corrected chi connectivity index (χ3v) is 1.00. The van der Waals surface area contributed by atoms with Crippen LogP contribution in [0.25, 0.3) is 0 Å². The monoisotopic (exact) mass is 172 g/mol. The Hall–Kier alpha value is 0.576. The van der Waals surface area contributed by atoms with Crippen molar-refractivity contribution in [2.75, 3.05) is 0 Å². The molecule has 0 heterocycles. The number of hydrogen-bond acceptors (Lipinski definition) is 2. The Bertz CT molecular complexity index is 120. The molecular weight excluding hydrogens is 163 g/mol. The summed E-state index contributed by atoms with van der Waals surface area (Å²) in [7, 11) is 0. The van der Waals surface area contributed by atoms with Crippen LogP contribution in [0.1, 0.15) is 13.3 Å². The first-order valence-corrected chi connectivity index (χ1v) is 2.55. The third kappa shape index (κ3) is 4.40. The zero-order valence-corrected chi connectivity index (χ0v) is 5.00. The summed E-state index contributed by atoms with van der Waals surface area (Å²) >= 11 is 0. The summed E-state index contributed by atoms with van der Waals surface area (Å²) in [6, 6.07) is 0. The van der Waals surface area contributed by atoms with E-state index in [0.717, 1.165) is 0 Å². The maximum absolute atomic E-state index is 9.99. The van der Waals surface area contributed by atoms with E-state index in [-0.39, 0.29) is 57.8 Å². The fraction of sp³-hybridized carbons (Fsp3) is 0.600. The quantitative estimate of drug-likeness (QED) is 0.446. The van der Waals surface area contributed by atoms with Crippen molar-refractivity contribution in [2.24, 2.45) is 5.92 Å². The molecule has 0 aliphatic carbocycles. The van der Waals surface area contributed by atoms with Crippen molar-refractivity contribution in [3.63, 3.8) is 0 Å². The summed E-state index contributed by atoms with van der Waals surface area (Å²) in [6.07, 6.45) is 0.130. The molecule has 0 saturated heterocycles. The molecular formula is C5H9KO4. The van der Waals surface area contributed by atoms with Crippen LogP contribution < -0.4 is 0 Å². The molecule has 0 aromatic heterocycles. The van der Waals surface area contributed by atoms with E-state index < -0.39 is 17.9 Å². The van der Waals surface area contributed by atoms with Gasteiger partial charge in [-0.1, -0.05) is 6.92 Å². The van der Waals surface area contributed by atoms with Gasteiger partial charge in [0.15, 0.2) is 5.92 Å². The van der Waals surface area contributed by atoms with E-state index >= 15 is 0 Å². The number of hydrogen-bond donors (Lipinski definition) is 2. The van der Waals surface area contributed by atoms with Crippen LogP contribution in [0, 0.1) is 5.92 Å². The average molecular weight is 172 g/mol. The topological polar surface area (TPSA) is 74.6 Å². The van der Waals surface area contributed by atoms with Crippen LogP contribution in [0.3, 0.4) is 0 Å². The number of carbonyl (C=O) groups is 2. The summed E-state index contributed by atoms with van der Waals surface area (Å²) in [6.45, 7) is 1.52. The molecule has 0 aromatic carbocycles. The molecule has 0 rings (SSSR count). The summed E-state index contributed by atoms with van der Waals surface area (Å²) < 4.78 is 0. The third-order valence-electron chi connectivity index (χ3n) is 1.00. The molecule has 5 heteroatoms. The van der Waals surface area contributed by atoms with Crippen LogP contribution >= 0.6 is 0 Å². The minimum absolute atomic E-state index is 0. The molecule has 0 unspecified atom stereocenters. The Morgan fingerprint density at radius 1 is 1.30 bits per heavy atom. The predicted octanol–water partition coefficient (Wildman–Crippen LogP) is -0.467. The molecule has 0 amide bonds. The standard InChI is InChI=1S/C5H8O4.K.H/c1-2-3(4(6)7)5(8)9;;/h3H,2H2,1H3,(H,6,7)(H,8,9);;. The van der Waals surface area contributed by atoms with E-state index in [2.05, 4.69) is 0 Å². The van der Waals surface area contributed by atoms with Crippen molar-refractivity contribution in [3.8, 4) is 0 Å². The number of carboxylic acid groups (broad SMARTS) is 2.